The Balaban J connectivity index is 2.93. The Bertz CT molecular complexity index is 286. The maximum Gasteiger partial charge on any atom is 0.251 e. The van der Waals surface area contributed by atoms with Gasteiger partial charge in [-0.1, -0.05) is 6.07 Å². The molecule has 1 amide bonds. The van der Waals surface area contributed by atoms with Gasteiger partial charge in [-0.15, -0.1) is 0 Å². The molecule has 1 rings (SSSR count). The third-order valence-corrected chi connectivity index (χ3v) is 1.48. The molecule has 4 nitrogen and oxygen atoms in total. The van der Waals surface area contributed by atoms with Crippen molar-refractivity contribution in [1.82, 2.24) is 5.32 Å². The first-order valence-electron chi connectivity index (χ1n) is 3.50. The fourth-order valence-electron chi connectivity index (χ4n) is 0.874. The molecule has 1 aromatic carbocycles. The molecule has 0 aliphatic rings. The molecule has 0 aliphatic carbocycles. The summed E-state index contributed by atoms with van der Waals surface area (Å²) >= 11 is 0. The Morgan fingerprint density at radius 2 is 2.25 bits per heavy atom. The normalized spacial score (nSPS) is 9.17. The van der Waals surface area contributed by atoms with E-state index in [2.05, 4.69) is 5.32 Å². The molecule has 64 valence electrons. The predicted molar refractivity (Wildman–Crippen MR) is 45.2 cm³/mol. The lowest BCUT2D eigenvalue weighted by Gasteiger charge is -2.01. The molecule has 0 unspecified atom stereocenters. The average molecular weight is 166 g/mol. The van der Waals surface area contributed by atoms with Crippen LogP contribution < -0.4 is 10.8 Å². The number of rotatable bonds is 2. The number of hydrogen-bond acceptors (Lipinski definition) is 3. The van der Waals surface area contributed by atoms with E-state index in [-0.39, 0.29) is 5.91 Å². The van der Waals surface area contributed by atoms with Crippen molar-refractivity contribution in [1.29, 1.82) is 0 Å². The van der Waals surface area contributed by atoms with Crippen LogP contribution in [0, 0.1) is 0 Å². The Kier molecular flexibility index (Phi) is 2.66. The van der Waals surface area contributed by atoms with Gasteiger partial charge in [0, 0.05) is 12.6 Å². The summed E-state index contributed by atoms with van der Waals surface area (Å²) in [4.78, 5) is 11.1. The van der Waals surface area contributed by atoms with Gasteiger partial charge in [0.05, 0.1) is 5.69 Å². The molecule has 0 aromatic heterocycles. The number of anilines is 1. The molecule has 1 aromatic rings. The number of nitrogens with one attached hydrogen (secondary N) is 2. The minimum atomic E-state index is -0.174. The molecular weight excluding hydrogens is 156 g/mol. The third-order valence-electron chi connectivity index (χ3n) is 1.48. The SMILES string of the molecule is CNC(=O)c1cccc(NO)c1. The molecular formula is C8H10N2O2. The maximum atomic E-state index is 11.1. The van der Waals surface area contributed by atoms with E-state index in [1.165, 1.54) is 0 Å². The molecule has 0 fully saturated rings. The predicted octanol–water partition coefficient (Wildman–Crippen LogP) is 0.847. The second-order valence-corrected chi connectivity index (χ2v) is 2.27. The topological polar surface area (TPSA) is 61.4 Å². The van der Waals surface area contributed by atoms with Gasteiger partial charge in [-0.25, -0.2) is 0 Å². The van der Waals surface area contributed by atoms with E-state index in [4.69, 9.17) is 5.21 Å². The van der Waals surface area contributed by atoms with Crippen LogP contribution in [0.3, 0.4) is 0 Å². The highest BCUT2D eigenvalue weighted by atomic mass is 16.5. The maximum absolute atomic E-state index is 11.1. The fraction of sp³-hybridized carbons (Fsp3) is 0.125. The highest BCUT2D eigenvalue weighted by Crippen LogP contribution is 2.08. The third kappa shape index (κ3) is 1.73. The second-order valence-electron chi connectivity index (χ2n) is 2.27. The Morgan fingerprint density at radius 1 is 1.50 bits per heavy atom. The van der Waals surface area contributed by atoms with Gasteiger partial charge >= 0.3 is 0 Å². The van der Waals surface area contributed by atoms with E-state index < -0.39 is 0 Å². The zero-order chi connectivity index (χ0) is 8.97. The van der Waals surface area contributed by atoms with E-state index >= 15 is 0 Å². The van der Waals surface area contributed by atoms with Gasteiger partial charge in [-0.05, 0) is 18.2 Å². The Labute approximate surface area is 70.2 Å². The molecule has 0 bridgehead atoms. The van der Waals surface area contributed by atoms with Gasteiger partial charge < -0.3 is 5.32 Å². The minimum absolute atomic E-state index is 0.174. The standard InChI is InChI=1S/C8H10N2O2/c1-9-8(11)6-3-2-4-7(5-6)10-12/h2-5,10,12H,1H3,(H,9,11). The first kappa shape index (κ1) is 8.55. The van der Waals surface area contributed by atoms with Crippen molar-refractivity contribution in [3.8, 4) is 0 Å². The van der Waals surface area contributed by atoms with Gasteiger partial charge in [0.25, 0.3) is 5.91 Å². The molecule has 0 radical (unpaired) electrons. The molecule has 0 saturated carbocycles. The van der Waals surface area contributed by atoms with E-state index in [1.54, 1.807) is 31.3 Å². The second kappa shape index (κ2) is 3.73. The molecule has 4 heteroatoms. The van der Waals surface area contributed by atoms with Gasteiger partial charge in [-0.2, -0.15) is 0 Å². The average Bonchev–Trinajstić information content (AvgIpc) is 2.17. The van der Waals surface area contributed by atoms with Crippen LogP contribution in [0.25, 0.3) is 0 Å². The molecule has 0 spiro atoms. The highest BCUT2D eigenvalue weighted by molar-refractivity contribution is 5.94. The molecule has 0 aliphatic heterocycles. The van der Waals surface area contributed by atoms with Crippen LogP contribution in [-0.2, 0) is 0 Å². The zero-order valence-corrected chi connectivity index (χ0v) is 6.66. The summed E-state index contributed by atoms with van der Waals surface area (Å²) in [5.74, 6) is -0.174. The molecule has 3 N–H and O–H groups in total. The molecule has 0 heterocycles. The monoisotopic (exact) mass is 166 g/mol. The summed E-state index contributed by atoms with van der Waals surface area (Å²) in [6.07, 6.45) is 0. The lowest BCUT2D eigenvalue weighted by atomic mass is 10.2. The van der Waals surface area contributed by atoms with Crippen LogP contribution in [0.4, 0.5) is 5.69 Å². The minimum Gasteiger partial charge on any atom is -0.355 e. The van der Waals surface area contributed by atoms with Gasteiger partial charge in [0.1, 0.15) is 0 Å². The number of benzene rings is 1. The van der Waals surface area contributed by atoms with Crippen molar-refractivity contribution < 1.29 is 10.0 Å². The van der Waals surface area contributed by atoms with Gasteiger partial charge in [0.2, 0.25) is 0 Å². The number of amides is 1. The van der Waals surface area contributed by atoms with E-state index in [0.717, 1.165) is 0 Å². The summed E-state index contributed by atoms with van der Waals surface area (Å²) in [5, 5.41) is 11.0. The van der Waals surface area contributed by atoms with E-state index in [9.17, 15) is 4.79 Å². The smallest absolute Gasteiger partial charge is 0.251 e. The van der Waals surface area contributed by atoms with Crippen molar-refractivity contribution >= 4 is 11.6 Å². The molecule has 0 saturated heterocycles. The largest absolute Gasteiger partial charge is 0.355 e. The van der Waals surface area contributed by atoms with Crippen LogP contribution in [0.2, 0.25) is 0 Å². The number of carbonyl (C=O) groups excluding carboxylic acids is 1. The first-order chi connectivity index (χ1) is 5.77. The van der Waals surface area contributed by atoms with E-state index in [0.29, 0.717) is 11.3 Å². The summed E-state index contributed by atoms with van der Waals surface area (Å²) in [7, 11) is 1.56. The lowest BCUT2D eigenvalue weighted by molar-refractivity contribution is 0.0963. The summed E-state index contributed by atoms with van der Waals surface area (Å²) in [6.45, 7) is 0. The van der Waals surface area contributed by atoms with Crippen LogP contribution in [0.5, 0.6) is 0 Å². The Morgan fingerprint density at radius 3 is 2.83 bits per heavy atom. The summed E-state index contributed by atoms with van der Waals surface area (Å²) in [6, 6.07) is 6.56. The quantitative estimate of drug-likeness (QED) is 0.571. The first-order valence-corrected chi connectivity index (χ1v) is 3.50. The van der Waals surface area contributed by atoms with Crippen molar-refractivity contribution in [2.75, 3.05) is 12.5 Å². The number of carbonyl (C=O) groups is 1. The summed E-state index contributed by atoms with van der Waals surface area (Å²) < 4.78 is 0. The van der Waals surface area contributed by atoms with E-state index in [1.807, 2.05) is 5.48 Å². The van der Waals surface area contributed by atoms with Crippen molar-refractivity contribution in [3.63, 3.8) is 0 Å². The molecule has 0 atom stereocenters. The van der Waals surface area contributed by atoms with Crippen LogP contribution in [0.1, 0.15) is 10.4 Å². The van der Waals surface area contributed by atoms with Crippen molar-refractivity contribution in [2.24, 2.45) is 0 Å². The van der Waals surface area contributed by atoms with Gasteiger partial charge in [-0.3, -0.25) is 15.5 Å². The lowest BCUT2D eigenvalue weighted by Crippen LogP contribution is -2.17. The van der Waals surface area contributed by atoms with Crippen LogP contribution in [0.15, 0.2) is 24.3 Å². The van der Waals surface area contributed by atoms with Gasteiger partial charge in [0.15, 0.2) is 0 Å². The summed E-state index contributed by atoms with van der Waals surface area (Å²) in [5.41, 5.74) is 2.97. The molecule has 12 heavy (non-hydrogen) atoms. The van der Waals surface area contributed by atoms with Crippen molar-refractivity contribution in [2.45, 2.75) is 0 Å². The zero-order valence-electron chi connectivity index (χ0n) is 6.66. The highest BCUT2D eigenvalue weighted by Gasteiger charge is 2.01. The number of hydrogen-bond donors (Lipinski definition) is 3. The van der Waals surface area contributed by atoms with Crippen LogP contribution >= 0.6 is 0 Å². The Hall–Kier alpha value is -1.55. The fourth-order valence-corrected chi connectivity index (χ4v) is 0.874. The van der Waals surface area contributed by atoms with Crippen molar-refractivity contribution in [3.05, 3.63) is 29.8 Å². The van der Waals surface area contributed by atoms with Crippen LogP contribution in [-0.4, -0.2) is 18.2 Å².